The van der Waals surface area contributed by atoms with Crippen LogP contribution in [-0.4, -0.2) is 55.1 Å². The molecule has 1 heterocycles. The highest BCUT2D eigenvalue weighted by molar-refractivity contribution is 5.72. The Morgan fingerprint density at radius 2 is 1.80 bits per heavy atom. The van der Waals surface area contributed by atoms with Gasteiger partial charge in [0, 0.05) is 32.7 Å². The number of piperazine rings is 1. The van der Waals surface area contributed by atoms with Gasteiger partial charge < -0.3 is 16.4 Å². The number of nitrogens with two attached hydrogens (primary N) is 2. The Balaban J connectivity index is 2.35. The second-order valence-electron chi connectivity index (χ2n) is 4.97. The number of amides is 2. The van der Waals surface area contributed by atoms with Crippen LogP contribution in [0.5, 0.6) is 0 Å². The lowest BCUT2D eigenvalue weighted by Gasteiger charge is -2.37. The van der Waals surface area contributed by atoms with Crippen LogP contribution in [0.4, 0.5) is 4.79 Å². The highest BCUT2D eigenvalue weighted by atomic mass is 16.2. The van der Waals surface area contributed by atoms with Crippen molar-refractivity contribution in [3.05, 3.63) is 0 Å². The molecule has 0 aromatic heterocycles. The maximum Gasteiger partial charge on any atom is 0.314 e. The zero-order valence-corrected chi connectivity index (χ0v) is 9.70. The number of hydrogen-bond acceptors (Lipinski definition) is 3. The lowest BCUT2D eigenvalue weighted by molar-refractivity contribution is 0.113. The van der Waals surface area contributed by atoms with Gasteiger partial charge in [-0.3, -0.25) is 4.90 Å². The number of carbonyl (C=O) groups is 1. The van der Waals surface area contributed by atoms with Gasteiger partial charge in [0.15, 0.2) is 0 Å². The van der Waals surface area contributed by atoms with Crippen molar-refractivity contribution in [2.75, 3.05) is 39.3 Å². The van der Waals surface area contributed by atoms with E-state index in [1.54, 1.807) is 4.90 Å². The Morgan fingerprint density at radius 1 is 1.27 bits per heavy atom. The Kier molecular flexibility index (Phi) is 3.93. The van der Waals surface area contributed by atoms with Crippen molar-refractivity contribution in [3.63, 3.8) is 0 Å². The first-order valence-corrected chi connectivity index (χ1v) is 5.41. The Morgan fingerprint density at radius 3 is 2.20 bits per heavy atom. The first kappa shape index (κ1) is 12.3. The summed E-state index contributed by atoms with van der Waals surface area (Å²) in [5, 5.41) is 0. The number of urea groups is 1. The second-order valence-corrected chi connectivity index (χ2v) is 4.97. The third-order valence-corrected chi connectivity index (χ3v) is 2.89. The number of primary amides is 1. The van der Waals surface area contributed by atoms with Gasteiger partial charge in [-0.1, -0.05) is 13.8 Å². The van der Waals surface area contributed by atoms with Crippen LogP contribution in [0.2, 0.25) is 0 Å². The quantitative estimate of drug-likeness (QED) is 0.675. The fraction of sp³-hybridized carbons (Fsp3) is 0.900. The van der Waals surface area contributed by atoms with Gasteiger partial charge >= 0.3 is 6.03 Å². The normalized spacial score (nSPS) is 19.3. The van der Waals surface area contributed by atoms with Crippen molar-refractivity contribution in [1.82, 2.24) is 9.80 Å². The zero-order valence-electron chi connectivity index (χ0n) is 9.70. The summed E-state index contributed by atoms with van der Waals surface area (Å²) in [4.78, 5) is 14.9. The molecule has 88 valence electrons. The largest absolute Gasteiger partial charge is 0.351 e. The molecular weight excluding hydrogens is 192 g/mol. The summed E-state index contributed by atoms with van der Waals surface area (Å²) >= 11 is 0. The van der Waals surface area contributed by atoms with Crippen molar-refractivity contribution in [1.29, 1.82) is 0 Å². The van der Waals surface area contributed by atoms with Crippen LogP contribution in [0.25, 0.3) is 0 Å². The molecule has 2 amide bonds. The highest BCUT2D eigenvalue weighted by Crippen LogP contribution is 2.15. The molecular formula is C10H22N4O. The summed E-state index contributed by atoms with van der Waals surface area (Å²) in [7, 11) is 0. The third kappa shape index (κ3) is 3.68. The van der Waals surface area contributed by atoms with E-state index >= 15 is 0 Å². The average molecular weight is 214 g/mol. The molecule has 0 aliphatic carbocycles. The van der Waals surface area contributed by atoms with Crippen LogP contribution in [0.1, 0.15) is 13.8 Å². The monoisotopic (exact) mass is 214 g/mol. The second kappa shape index (κ2) is 4.81. The average Bonchev–Trinajstić information content (AvgIpc) is 2.18. The minimum Gasteiger partial charge on any atom is -0.351 e. The maximum absolute atomic E-state index is 10.9. The first-order valence-electron chi connectivity index (χ1n) is 5.41. The minimum atomic E-state index is -0.312. The van der Waals surface area contributed by atoms with Crippen LogP contribution in [0.15, 0.2) is 0 Å². The molecule has 0 aromatic carbocycles. The Hall–Kier alpha value is -0.810. The van der Waals surface area contributed by atoms with Crippen molar-refractivity contribution in [3.8, 4) is 0 Å². The molecule has 1 aliphatic heterocycles. The van der Waals surface area contributed by atoms with E-state index in [0.717, 1.165) is 32.7 Å². The van der Waals surface area contributed by atoms with E-state index in [0.29, 0.717) is 6.54 Å². The van der Waals surface area contributed by atoms with Crippen LogP contribution < -0.4 is 11.5 Å². The third-order valence-electron chi connectivity index (χ3n) is 2.89. The molecule has 0 radical (unpaired) electrons. The number of nitrogens with zero attached hydrogens (tertiary/aromatic N) is 2. The van der Waals surface area contributed by atoms with Crippen molar-refractivity contribution in [2.45, 2.75) is 13.8 Å². The molecule has 0 atom stereocenters. The van der Waals surface area contributed by atoms with Gasteiger partial charge in [0.05, 0.1) is 0 Å². The minimum absolute atomic E-state index is 0.148. The predicted octanol–water partition coefficient (Wildman–Crippen LogP) is -0.332. The van der Waals surface area contributed by atoms with Crippen LogP contribution in [-0.2, 0) is 0 Å². The standard InChI is InChI=1S/C10H22N4O/c1-10(2,7-11)8-13-3-5-14(6-4-13)9(12)15/h3-8,11H2,1-2H3,(H2,12,15). The van der Waals surface area contributed by atoms with Gasteiger partial charge in [-0.05, 0) is 12.0 Å². The summed E-state index contributed by atoms with van der Waals surface area (Å²) in [6.45, 7) is 9.24. The SMILES string of the molecule is CC(C)(CN)CN1CCN(C(N)=O)CC1. The number of carbonyl (C=O) groups excluding carboxylic acids is 1. The smallest absolute Gasteiger partial charge is 0.314 e. The number of hydrogen-bond donors (Lipinski definition) is 2. The van der Waals surface area contributed by atoms with Crippen LogP contribution >= 0.6 is 0 Å². The molecule has 4 N–H and O–H groups in total. The van der Waals surface area contributed by atoms with Gasteiger partial charge in [-0.15, -0.1) is 0 Å². The fourth-order valence-electron chi connectivity index (χ4n) is 1.80. The Labute approximate surface area is 91.4 Å². The van der Waals surface area contributed by atoms with Crippen molar-refractivity contribution < 1.29 is 4.79 Å². The van der Waals surface area contributed by atoms with E-state index < -0.39 is 0 Å². The summed E-state index contributed by atoms with van der Waals surface area (Å²) in [6.07, 6.45) is 0. The summed E-state index contributed by atoms with van der Waals surface area (Å²) in [5.41, 5.74) is 11.1. The van der Waals surface area contributed by atoms with Gasteiger partial charge in [0.2, 0.25) is 0 Å². The summed E-state index contributed by atoms with van der Waals surface area (Å²) in [6, 6.07) is -0.312. The molecule has 0 saturated carbocycles. The van der Waals surface area contributed by atoms with Crippen LogP contribution in [0.3, 0.4) is 0 Å². The van der Waals surface area contributed by atoms with Gasteiger partial charge in [-0.25, -0.2) is 4.79 Å². The van der Waals surface area contributed by atoms with Crippen molar-refractivity contribution >= 4 is 6.03 Å². The highest BCUT2D eigenvalue weighted by Gasteiger charge is 2.24. The molecule has 0 unspecified atom stereocenters. The van der Waals surface area contributed by atoms with E-state index in [1.807, 2.05) is 0 Å². The molecule has 5 nitrogen and oxygen atoms in total. The van der Waals surface area contributed by atoms with Crippen molar-refractivity contribution in [2.24, 2.45) is 16.9 Å². The lowest BCUT2D eigenvalue weighted by Crippen LogP contribution is -2.52. The van der Waals surface area contributed by atoms with Gasteiger partial charge in [0.25, 0.3) is 0 Å². The van der Waals surface area contributed by atoms with Gasteiger partial charge in [-0.2, -0.15) is 0 Å². The molecule has 0 aromatic rings. The molecule has 1 rings (SSSR count). The molecule has 0 spiro atoms. The molecule has 1 fully saturated rings. The predicted molar refractivity (Wildman–Crippen MR) is 60.4 cm³/mol. The molecule has 0 bridgehead atoms. The molecule has 15 heavy (non-hydrogen) atoms. The van der Waals surface area contributed by atoms with Gasteiger partial charge in [0.1, 0.15) is 0 Å². The van der Waals surface area contributed by atoms with E-state index in [1.165, 1.54) is 0 Å². The zero-order chi connectivity index (χ0) is 11.5. The molecule has 1 aliphatic rings. The molecule has 1 saturated heterocycles. The number of rotatable bonds is 3. The summed E-state index contributed by atoms with van der Waals surface area (Å²) < 4.78 is 0. The maximum atomic E-state index is 10.9. The van der Waals surface area contributed by atoms with Crippen LogP contribution in [0, 0.1) is 5.41 Å². The lowest BCUT2D eigenvalue weighted by atomic mass is 9.93. The van der Waals surface area contributed by atoms with E-state index in [2.05, 4.69) is 18.7 Å². The topological polar surface area (TPSA) is 75.6 Å². The van der Waals surface area contributed by atoms with E-state index in [9.17, 15) is 4.79 Å². The summed E-state index contributed by atoms with van der Waals surface area (Å²) in [5.74, 6) is 0. The van der Waals surface area contributed by atoms with E-state index in [-0.39, 0.29) is 11.4 Å². The van der Waals surface area contributed by atoms with E-state index in [4.69, 9.17) is 11.5 Å². The fourth-order valence-corrected chi connectivity index (χ4v) is 1.80. The first-order chi connectivity index (χ1) is 6.94. The Bertz CT molecular complexity index is 221. The molecule has 5 heteroatoms.